The second kappa shape index (κ2) is 38.9. The van der Waals surface area contributed by atoms with Crippen LogP contribution < -0.4 is 34.7 Å². The molecule has 0 saturated carbocycles. The first-order valence-electron chi connectivity index (χ1n) is 1.44. The average molecular weight is 100 g/mol. The van der Waals surface area contributed by atoms with E-state index in [0.717, 1.165) is 7.11 Å². The Labute approximate surface area is 60.5 Å². The molecule has 0 atom stereocenters. The topological polar surface area (TPSA) is 43.3 Å². The van der Waals surface area contributed by atoms with E-state index in [-0.39, 0.29) is 36.2 Å². The van der Waals surface area contributed by atoms with E-state index < -0.39 is 0 Å². The molecule has 0 fully saturated rings. The maximum atomic E-state index is 8.93. The molecule has 0 saturated heterocycles. The summed E-state index contributed by atoms with van der Waals surface area (Å²) in [7, 11) is 1.00. The predicted molar refractivity (Wildman–Crippen MR) is 18.7 cm³/mol. The van der Waals surface area contributed by atoms with Gasteiger partial charge in [-0.05, 0) is 0 Å². The summed E-state index contributed by atoms with van der Waals surface area (Å²) in [4.78, 5) is 0. The van der Waals surface area contributed by atoms with E-state index >= 15 is 0 Å². The average Bonchev–Trinajstić information content (AvgIpc) is 1.46. The molecule has 34 valence electrons. The van der Waals surface area contributed by atoms with Gasteiger partial charge in [0.1, 0.15) is 0 Å². The van der Waals surface area contributed by atoms with Crippen molar-refractivity contribution in [2.45, 2.75) is 6.92 Å². The number of hydrogen-bond acceptors (Lipinski definition) is 2. The summed E-state index contributed by atoms with van der Waals surface area (Å²) in [5.41, 5.74) is 0. The molecular weight excluding hydrogens is 91.0 g/mol. The SMILES string of the molecule is CC[O-].CO.[Na+]. The maximum Gasteiger partial charge on any atom is 1.00 e. The van der Waals surface area contributed by atoms with Crippen molar-refractivity contribution in [2.75, 3.05) is 13.7 Å². The summed E-state index contributed by atoms with van der Waals surface area (Å²) >= 11 is 0. The van der Waals surface area contributed by atoms with Crippen LogP contribution in [0.15, 0.2) is 0 Å². The van der Waals surface area contributed by atoms with Gasteiger partial charge >= 0.3 is 29.6 Å². The molecule has 1 N–H and O–H groups in total. The summed E-state index contributed by atoms with van der Waals surface area (Å²) in [5, 5.41) is 15.9. The van der Waals surface area contributed by atoms with Gasteiger partial charge in [-0.25, -0.2) is 0 Å². The number of hydrogen-bond donors (Lipinski definition) is 1. The van der Waals surface area contributed by atoms with E-state index in [1.54, 1.807) is 6.92 Å². The molecule has 0 amide bonds. The second-order valence-corrected chi connectivity index (χ2v) is 0.289. The molecule has 2 nitrogen and oxygen atoms in total. The largest absolute Gasteiger partial charge is 1.00 e. The number of aliphatic hydroxyl groups excluding tert-OH is 1. The Hall–Kier alpha value is 0.920. The van der Waals surface area contributed by atoms with E-state index in [4.69, 9.17) is 10.2 Å². The van der Waals surface area contributed by atoms with Crippen molar-refractivity contribution in [1.29, 1.82) is 0 Å². The second-order valence-electron chi connectivity index (χ2n) is 0.289. The Balaban J connectivity index is -0.0000000275. The molecule has 0 radical (unpaired) electrons. The third kappa shape index (κ3) is 89.3. The van der Waals surface area contributed by atoms with Gasteiger partial charge in [0.25, 0.3) is 0 Å². The molecule has 0 aromatic heterocycles. The molecule has 0 spiro atoms. The smallest absolute Gasteiger partial charge is 0.855 e. The molecule has 3 heteroatoms. The van der Waals surface area contributed by atoms with Gasteiger partial charge in [0, 0.05) is 7.11 Å². The summed E-state index contributed by atoms with van der Waals surface area (Å²) in [5.74, 6) is 0. The van der Waals surface area contributed by atoms with Crippen molar-refractivity contribution in [1.82, 2.24) is 0 Å². The number of rotatable bonds is 0. The van der Waals surface area contributed by atoms with Crippen LogP contribution in [0, 0.1) is 0 Å². The van der Waals surface area contributed by atoms with Crippen LogP contribution in [-0.2, 0) is 0 Å². The minimum absolute atomic E-state index is 0. The minimum Gasteiger partial charge on any atom is -0.855 e. The van der Waals surface area contributed by atoms with Crippen molar-refractivity contribution in [3.05, 3.63) is 0 Å². The van der Waals surface area contributed by atoms with Gasteiger partial charge in [0.15, 0.2) is 0 Å². The predicted octanol–water partition coefficient (Wildman–Crippen LogP) is -4.02. The molecule has 0 aliphatic rings. The fraction of sp³-hybridized carbons (Fsp3) is 1.00. The fourth-order valence-corrected chi connectivity index (χ4v) is 0. The van der Waals surface area contributed by atoms with Crippen molar-refractivity contribution >= 4 is 0 Å². The van der Waals surface area contributed by atoms with Crippen molar-refractivity contribution in [2.24, 2.45) is 0 Å². The Bertz CT molecular complexity index is 8.75. The molecule has 0 aromatic rings. The quantitative estimate of drug-likeness (QED) is 0.315. The Morgan fingerprint density at radius 1 is 1.50 bits per heavy atom. The van der Waals surface area contributed by atoms with E-state index in [0.29, 0.717) is 0 Å². The molecule has 0 aromatic carbocycles. The Morgan fingerprint density at radius 2 is 1.50 bits per heavy atom. The van der Waals surface area contributed by atoms with Crippen LogP contribution in [0.25, 0.3) is 0 Å². The van der Waals surface area contributed by atoms with Crippen LogP contribution in [0.5, 0.6) is 0 Å². The third-order valence-electron chi connectivity index (χ3n) is 0. The maximum absolute atomic E-state index is 8.93. The first kappa shape index (κ1) is 15.8. The van der Waals surface area contributed by atoms with Crippen molar-refractivity contribution in [3.8, 4) is 0 Å². The summed E-state index contributed by atoms with van der Waals surface area (Å²) in [6, 6.07) is 0. The zero-order valence-electron chi connectivity index (χ0n) is 4.56. The van der Waals surface area contributed by atoms with Gasteiger partial charge < -0.3 is 10.2 Å². The van der Waals surface area contributed by atoms with E-state index in [1.165, 1.54) is 0 Å². The fourth-order valence-electron chi connectivity index (χ4n) is 0. The zero-order chi connectivity index (χ0) is 4.71. The standard InChI is InChI=1S/C2H5O.CH4O.Na/c1-2-3;1-2;/h2H2,1H3;2H,1H3;/q-1;;+1. The Morgan fingerprint density at radius 3 is 1.50 bits per heavy atom. The van der Waals surface area contributed by atoms with Crippen LogP contribution in [0.1, 0.15) is 6.92 Å². The molecule has 0 heterocycles. The molecule has 0 aliphatic heterocycles. The van der Waals surface area contributed by atoms with Gasteiger partial charge in [-0.3, -0.25) is 0 Å². The van der Waals surface area contributed by atoms with E-state index in [2.05, 4.69) is 0 Å². The van der Waals surface area contributed by atoms with Crippen LogP contribution in [-0.4, -0.2) is 18.8 Å². The summed E-state index contributed by atoms with van der Waals surface area (Å²) < 4.78 is 0. The van der Waals surface area contributed by atoms with Crippen LogP contribution in [0.2, 0.25) is 0 Å². The summed E-state index contributed by atoms with van der Waals surface area (Å²) in [6.07, 6.45) is 0. The van der Waals surface area contributed by atoms with E-state index in [1.807, 2.05) is 0 Å². The van der Waals surface area contributed by atoms with Crippen molar-refractivity contribution in [3.63, 3.8) is 0 Å². The third-order valence-corrected chi connectivity index (χ3v) is 0. The van der Waals surface area contributed by atoms with Crippen molar-refractivity contribution < 1.29 is 39.8 Å². The minimum atomic E-state index is 0. The summed E-state index contributed by atoms with van der Waals surface area (Å²) in [6.45, 7) is 1.57. The molecule has 0 unspecified atom stereocenters. The van der Waals surface area contributed by atoms with Crippen LogP contribution >= 0.6 is 0 Å². The first-order chi connectivity index (χ1) is 2.41. The zero-order valence-corrected chi connectivity index (χ0v) is 6.56. The molecule has 0 bridgehead atoms. The molecule has 6 heavy (non-hydrogen) atoms. The van der Waals surface area contributed by atoms with Gasteiger partial charge in [0.2, 0.25) is 0 Å². The normalized spacial score (nSPS) is 4.00. The van der Waals surface area contributed by atoms with Crippen LogP contribution in [0.3, 0.4) is 0 Å². The van der Waals surface area contributed by atoms with Gasteiger partial charge in [-0.2, -0.15) is 0 Å². The van der Waals surface area contributed by atoms with Gasteiger partial charge in [-0.1, -0.05) is 6.92 Å². The Kier molecular flexibility index (Phi) is 102. The monoisotopic (exact) mass is 100 g/mol. The van der Waals surface area contributed by atoms with Gasteiger partial charge in [-0.15, -0.1) is 6.61 Å². The molecule has 0 rings (SSSR count). The van der Waals surface area contributed by atoms with Crippen LogP contribution in [0.4, 0.5) is 0 Å². The first-order valence-corrected chi connectivity index (χ1v) is 1.44. The van der Waals surface area contributed by atoms with E-state index in [9.17, 15) is 0 Å². The number of aliphatic hydroxyl groups is 1. The molecular formula is C3H9NaO2. The van der Waals surface area contributed by atoms with Gasteiger partial charge in [0.05, 0.1) is 0 Å². The molecule has 0 aliphatic carbocycles.